The average molecular weight is 301 g/mol. The fourth-order valence-electron chi connectivity index (χ4n) is 2.07. The van der Waals surface area contributed by atoms with Crippen LogP contribution in [-0.2, 0) is 4.79 Å². The largest absolute Gasteiger partial charge is 0.496 e. The first-order valence-corrected chi connectivity index (χ1v) is 7.02. The van der Waals surface area contributed by atoms with Gasteiger partial charge in [-0.05, 0) is 31.6 Å². The topological polar surface area (TPSA) is 71.0 Å². The van der Waals surface area contributed by atoms with E-state index in [1.165, 1.54) is 6.21 Å². The summed E-state index contributed by atoms with van der Waals surface area (Å²) in [5.74, 6) is 0.391. The third-order valence-corrected chi connectivity index (χ3v) is 3.63. The molecule has 0 aromatic heterocycles. The number of imide groups is 1. The number of hydrogen-bond donors (Lipinski definition) is 1. The van der Waals surface area contributed by atoms with Crippen LogP contribution in [0.15, 0.2) is 35.4 Å². The lowest BCUT2D eigenvalue weighted by Crippen LogP contribution is -2.42. The molecular formula is C16H19N3O3. The number of hydrazone groups is 1. The number of amides is 3. The van der Waals surface area contributed by atoms with Gasteiger partial charge in [-0.15, -0.1) is 5.01 Å². The van der Waals surface area contributed by atoms with Crippen LogP contribution in [-0.4, -0.2) is 35.8 Å². The van der Waals surface area contributed by atoms with Gasteiger partial charge in [0, 0.05) is 11.8 Å². The zero-order valence-electron chi connectivity index (χ0n) is 12.9. The zero-order chi connectivity index (χ0) is 16.2. The molecule has 1 atom stereocenters. The fourth-order valence-corrected chi connectivity index (χ4v) is 2.07. The second kappa shape index (κ2) is 6.43. The highest BCUT2D eigenvalue weighted by molar-refractivity contribution is 6.07. The molecule has 3 amide bonds. The Bertz CT molecular complexity index is 639. The number of ether oxygens (including phenoxy) is 1. The van der Waals surface area contributed by atoms with E-state index in [0.29, 0.717) is 6.42 Å². The number of carbonyl (C=O) groups excluding carboxylic acids is 2. The molecule has 1 N–H and O–H groups in total. The summed E-state index contributed by atoms with van der Waals surface area (Å²) in [6.07, 6.45) is 5.37. The lowest BCUT2D eigenvalue weighted by molar-refractivity contribution is -0.130. The summed E-state index contributed by atoms with van der Waals surface area (Å²) in [5, 5.41) is 7.41. The number of urea groups is 1. The monoisotopic (exact) mass is 301 g/mol. The minimum absolute atomic E-state index is 0.345. The van der Waals surface area contributed by atoms with Crippen LogP contribution in [0.5, 0.6) is 5.75 Å². The summed E-state index contributed by atoms with van der Waals surface area (Å²) in [7, 11) is 1.60. The molecule has 0 bridgehead atoms. The van der Waals surface area contributed by atoms with Crippen molar-refractivity contribution < 1.29 is 14.3 Å². The molecule has 0 spiro atoms. The number of allylic oxidation sites excluding steroid dienone is 1. The van der Waals surface area contributed by atoms with Gasteiger partial charge in [0.15, 0.2) is 0 Å². The van der Waals surface area contributed by atoms with Crippen LogP contribution in [0.4, 0.5) is 4.79 Å². The Kier molecular flexibility index (Phi) is 4.60. The van der Waals surface area contributed by atoms with Crippen molar-refractivity contribution in [3.05, 3.63) is 35.9 Å². The number of methoxy groups -OCH3 is 1. The van der Waals surface area contributed by atoms with E-state index in [2.05, 4.69) is 10.4 Å². The molecule has 2 rings (SSSR count). The van der Waals surface area contributed by atoms with Gasteiger partial charge >= 0.3 is 6.03 Å². The van der Waals surface area contributed by atoms with Crippen molar-refractivity contribution in [3.63, 3.8) is 0 Å². The lowest BCUT2D eigenvalue weighted by Gasteiger charge is -2.17. The number of para-hydroxylation sites is 1. The van der Waals surface area contributed by atoms with Gasteiger partial charge in [-0.25, -0.2) is 4.79 Å². The maximum absolute atomic E-state index is 12.1. The third kappa shape index (κ3) is 3.00. The summed E-state index contributed by atoms with van der Waals surface area (Å²) < 4.78 is 5.23. The molecule has 6 nitrogen and oxygen atoms in total. The first-order chi connectivity index (χ1) is 10.5. The maximum atomic E-state index is 12.1. The normalized spacial score (nSPS) is 21.9. The Balaban J connectivity index is 2.08. The molecule has 1 aromatic rings. The van der Waals surface area contributed by atoms with Gasteiger partial charge in [0.25, 0.3) is 5.91 Å². The van der Waals surface area contributed by atoms with Crippen molar-refractivity contribution in [2.45, 2.75) is 25.8 Å². The maximum Gasteiger partial charge on any atom is 0.346 e. The van der Waals surface area contributed by atoms with Gasteiger partial charge in [-0.2, -0.15) is 5.10 Å². The molecule has 0 aliphatic carbocycles. The molecule has 1 saturated heterocycles. The minimum Gasteiger partial charge on any atom is -0.496 e. The van der Waals surface area contributed by atoms with Crippen LogP contribution >= 0.6 is 0 Å². The molecule has 1 aliphatic heterocycles. The van der Waals surface area contributed by atoms with Crippen molar-refractivity contribution in [1.29, 1.82) is 0 Å². The van der Waals surface area contributed by atoms with Crippen LogP contribution in [0.2, 0.25) is 0 Å². The number of carbonyl (C=O) groups is 2. The van der Waals surface area contributed by atoms with Gasteiger partial charge in [0.05, 0.1) is 7.11 Å². The van der Waals surface area contributed by atoms with Crippen LogP contribution in [0, 0.1) is 0 Å². The van der Waals surface area contributed by atoms with E-state index >= 15 is 0 Å². The van der Waals surface area contributed by atoms with E-state index in [1.807, 2.05) is 31.2 Å². The van der Waals surface area contributed by atoms with E-state index < -0.39 is 11.6 Å². The van der Waals surface area contributed by atoms with Gasteiger partial charge in [0.1, 0.15) is 11.3 Å². The third-order valence-electron chi connectivity index (χ3n) is 3.63. The molecule has 0 unspecified atom stereocenters. The van der Waals surface area contributed by atoms with E-state index in [9.17, 15) is 9.59 Å². The highest BCUT2D eigenvalue weighted by Crippen LogP contribution is 2.21. The number of benzene rings is 1. The second-order valence-electron chi connectivity index (χ2n) is 5.10. The molecule has 22 heavy (non-hydrogen) atoms. The summed E-state index contributed by atoms with van der Waals surface area (Å²) in [5.41, 5.74) is 0.00731. The molecule has 116 valence electrons. The predicted octanol–water partition coefficient (Wildman–Crippen LogP) is 2.41. The Morgan fingerprint density at radius 2 is 2.09 bits per heavy atom. The lowest BCUT2D eigenvalue weighted by atomic mass is 10.00. The van der Waals surface area contributed by atoms with Gasteiger partial charge in [-0.1, -0.05) is 25.1 Å². The minimum atomic E-state index is -0.874. The second-order valence-corrected chi connectivity index (χ2v) is 5.10. The molecular weight excluding hydrogens is 282 g/mol. The Morgan fingerprint density at radius 3 is 2.73 bits per heavy atom. The Morgan fingerprint density at radius 1 is 1.36 bits per heavy atom. The molecule has 1 aliphatic rings. The zero-order valence-corrected chi connectivity index (χ0v) is 12.9. The summed E-state index contributed by atoms with van der Waals surface area (Å²) in [6, 6.07) is 7.01. The first-order valence-electron chi connectivity index (χ1n) is 7.02. The van der Waals surface area contributed by atoms with E-state index in [-0.39, 0.29) is 5.91 Å². The quantitative estimate of drug-likeness (QED) is 0.670. The fraction of sp³-hybridized carbons (Fsp3) is 0.312. The SMILES string of the molecule is CC[C@@]1(C)NC(=O)N(N=C/C=C\c2ccccc2OC)C1=O. The van der Waals surface area contributed by atoms with Crippen LogP contribution in [0.25, 0.3) is 6.08 Å². The number of nitrogens with zero attached hydrogens (tertiary/aromatic N) is 2. The van der Waals surface area contributed by atoms with Crippen molar-refractivity contribution in [2.24, 2.45) is 5.10 Å². The predicted molar refractivity (Wildman–Crippen MR) is 84.6 cm³/mol. The number of hydrogen-bond acceptors (Lipinski definition) is 4. The summed E-state index contributed by atoms with van der Waals surface area (Å²) in [4.78, 5) is 23.9. The van der Waals surface area contributed by atoms with Crippen molar-refractivity contribution in [2.75, 3.05) is 7.11 Å². The van der Waals surface area contributed by atoms with E-state index in [4.69, 9.17) is 4.74 Å². The van der Waals surface area contributed by atoms with Gasteiger partial charge < -0.3 is 10.1 Å². The molecule has 0 radical (unpaired) electrons. The Labute approximate surface area is 129 Å². The number of nitrogens with one attached hydrogen (secondary N) is 1. The molecule has 1 aromatic carbocycles. The Hall–Kier alpha value is -2.63. The first kappa shape index (κ1) is 15.8. The smallest absolute Gasteiger partial charge is 0.346 e. The van der Waals surface area contributed by atoms with Crippen LogP contribution in [0.1, 0.15) is 25.8 Å². The molecule has 1 heterocycles. The van der Waals surface area contributed by atoms with Crippen molar-refractivity contribution in [3.8, 4) is 5.75 Å². The summed E-state index contributed by atoms with van der Waals surface area (Å²) >= 11 is 0. The molecule has 1 fully saturated rings. The molecule has 6 heteroatoms. The highest BCUT2D eigenvalue weighted by Gasteiger charge is 2.46. The van der Waals surface area contributed by atoms with E-state index in [1.54, 1.807) is 26.2 Å². The summed E-state index contributed by atoms with van der Waals surface area (Å²) in [6.45, 7) is 3.53. The van der Waals surface area contributed by atoms with Crippen LogP contribution in [0.3, 0.4) is 0 Å². The standard InChI is InChI=1S/C16H19N3O3/c1-4-16(2)14(20)19(15(21)18-16)17-11-7-9-12-8-5-6-10-13(12)22-3/h5-11H,4H2,1-3H3,(H,18,21)/b9-7-,17-11?/t16-/m1/s1. The van der Waals surface area contributed by atoms with Crippen LogP contribution < -0.4 is 10.1 Å². The highest BCUT2D eigenvalue weighted by atomic mass is 16.5. The molecule has 0 saturated carbocycles. The number of rotatable bonds is 5. The average Bonchev–Trinajstić information content (AvgIpc) is 2.75. The van der Waals surface area contributed by atoms with Gasteiger partial charge in [-0.3, -0.25) is 4.79 Å². The van der Waals surface area contributed by atoms with Crippen molar-refractivity contribution >= 4 is 24.2 Å². The van der Waals surface area contributed by atoms with Crippen molar-refractivity contribution in [1.82, 2.24) is 10.3 Å². The van der Waals surface area contributed by atoms with Gasteiger partial charge in [0.2, 0.25) is 0 Å². The van der Waals surface area contributed by atoms with E-state index in [0.717, 1.165) is 16.3 Å².